The zero-order chi connectivity index (χ0) is 11.1. The van der Waals surface area contributed by atoms with Crippen LogP contribution in [-0.2, 0) is 0 Å². The molecule has 0 radical (unpaired) electrons. The van der Waals surface area contributed by atoms with Crippen LogP contribution in [0.2, 0.25) is 0 Å². The van der Waals surface area contributed by atoms with Crippen molar-refractivity contribution in [3.63, 3.8) is 0 Å². The average Bonchev–Trinajstić information content (AvgIpc) is 2.31. The van der Waals surface area contributed by atoms with E-state index in [1.807, 2.05) is 6.92 Å². The van der Waals surface area contributed by atoms with Gasteiger partial charge in [-0.2, -0.15) is 0 Å². The van der Waals surface area contributed by atoms with Crippen molar-refractivity contribution in [1.29, 1.82) is 0 Å². The predicted octanol–water partition coefficient (Wildman–Crippen LogP) is 2.26. The summed E-state index contributed by atoms with van der Waals surface area (Å²) in [5.74, 6) is 0.652. The fraction of sp³-hybridized carbons (Fsp3) is 0.692. The Hall–Kier alpha value is -0.600. The van der Waals surface area contributed by atoms with Crippen molar-refractivity contribution in [2.75, 3.05) is 19.7 Å². The zero-order valence-electron chi connectivity index (χ0n) is 9.92. The lowest BCUT2D eigenvalue weighted by molar-refractivity contribution is 0.330. The minimum Gasteiger partial charge on any atom is -0.392 e. The summed E-state index contributed by atoms with van der Waals surface area (Å²) in [4.78, 5) is 0. The Balaban J connectivity index is 2.51. The summed E-state index contributed by atoms with van der Waals surface area (Å²) in [7, 11) is 0. The molecular weight excluding hydrogens is 186 g/mol. The first-order valence-electron chi connectivity index (χ1n) is 5.94. The van der Waals surface area contributed by atoms with Crippen LogP contribution in [0.5, 0.6) is 0 Å². The van der Waals surface area contributed by atoms with Crippen molar-refractivity contribution in [1.82, 2.24) is 5.32 Å². The molecule has 0 unspecified atom stereocenters. The molecule has 0 saturated heterocycles. The molecule has 2 heteroatoms. The van der Waals surface area contributed by atoms with Gasteiger partial charge in [-0.05, 0) is 38.6 Å². The summed E-state index contributed by atoms with van der Waals surface area (Å²) < 4.78 is 0. The quantitative estimate of drug-likeness (QED) is 0.681. The molecule has 0 spiro atoms. The van der Waals surface area contributed by atoms with Gasteiger partial charge in [-0.25, -0.2) is 0 Å². The highest BCUT2D eigenvalue weighted by molar-refractivity contribution is 5.13. The van der Waals surface area contributed by atoms with Gasteiger partial charge < -0.3 is 10.4 Å². The lowest BCUT2D eigenvalue weighted by Crippen LogP contribution is -2.25. The van der Waals surface area contributed by atoms with Crippen LogP contribution in [0.15, 0.2) is 23.3 Å². The zero-order valence-corrected chi connectivity index (χ0v) is 9.92. The van der Waals surface area contributed by atoms with Crippen LogP contribution in [0.3, 0.4) is 0 Å². The molecule has 1 heterocycles. The van der Waals surface area contributed by atoms with Gasteiger partial charge in [0, 0.05) is 6.54 Å². The molecule has 15 heavy (non-hydrogen) atoms. The van der Waals surface area contributed by atoms with Gasteiger partial charge in [-0.3, -0.25) is 0 Å². The van der Waals surface area contributed by atoms with E-state index in [0.29, 0.717) is 5.92 Å². The summed E-state index contributed by atoms with van der Waals surface area (Å²) in [6.45, 7) is 6.58. The molecule has 0 bridgehead atoms. The molecular formula is C13H23NO. The van der Waals surface area contributed by atoms with Crippen molar-refractivity contribution < 1.29 is 5.11 Å². The Morgan fingerprint density at radius 3 is 3.00 bits per heavy atom. The molecule has 0 fully saturated rings. The maximum atomic E-state index is 8.94. The van der Waals surface area contributed by atoms with Gasteiger partial charge in [0.25, 0.3) is 0 Å². The number of aliphatic hydroxyl groups is 1. The third-order valence-corrected chi connectivity index (χ3v) is 3.07. The third-order valence-electron chi connectivity index (χ3n) is 3.07. The highest BCUT2D eigenvalue weighted by Gasteiger charge is 2.12. The molecule has 1 atom stereocenters. The number of allylic oxidation sites excluding steroid dienone is 1. The van der Waals surface area contributed by atoms with Crippen LogP contribution in [0.25, 0.3) is 0 Å². The van der Waals surface area contributed by atoms with Crippen LogP contribution in [0.4, 0.5) is 0 Å². The molecule has 1 rings (SSSR count). The minimum atomic E-state index is 0.188. The Morgan fingerprint density at radius 1 is 1.67 bits per heavy atom. The highest BCUT2D eigenvalue weighted by atomic mass is 16.3. The van der Waals surface area contributed by atoms with Crippen LogP contribution in [0.1, 0.15) is 33.1 Å². The summed E-state index contributed by atoms with van der Waals surface area (Å²) in [5, 5.41) is 12.3. The van der Waals surface area contributed by atoms with Crippen LogP contribution in [0, 0.1) is 5.92 Å². The summed E-state index contributed by atoms with van der Waals surface area (Å²) in [5.41, 5.74) is 2.63. The first-order valence-corrected chi connectivity index (χ1v) is 5.94. The van der Waals surface area contributed by atoms with E-state index in [1.165, 1.54) is 6.42 Å². The summed E-state index contributed by atoms with van der Waals surface area (Å²) in [6, 6.07) is 0. The molecule has 0 aromatic rings. The van der Waals surface area contributed by atoms with E-state index in [1.54, 1.807) is 5.57 Å². The minimum absolute atomic E-state index is 0.188. The smallest absolute Gasteiger partial charge is 0.0639 e. The second-order valence-electron chi connectivity index (χ2n) is 4.29. The van der Waals surface area contributed by atoms with Gasteiger partial charge in [0.1, 0.15) is 0 Å². The molecule has 2 nitrogen and oxygen atoms in total. The number of hydrogen-bond donors (Lipinski definition) is 2. The predicted molar refractivity (Wildman–Crippen MR) is 64.8 cm³/mol. The second kappa shape index (κ2) is 6.81. The largest absolute Gasteiger partial charge is 0.392 e. The van der Waals surface area contributed by atoms with Crippen molar-refractivity contribution in [3.8, 4) is 0 Å². The molecule has 1 aliphatic rings. The standard InChI is InChI=1S/C13H23NO/c1-3-12(7-6-11(2)10-15)13-5-4-8-14-9-13/h5-6,12,14-15H,3-4,7-10H2,1-2H3/b11-6+/t12-/m0/s1. The fourth-order valence-electron chi connectivity index (χ4n) is 1.96. The Bertz CT molecular complexity index is 243. The lowest BCUT2D eigenvalue weighted by Gasteiger charge is -2.22. The van der Waals surface area contributed by atoms with Gasteiger partial charge in [0.15, 0.2) is 0 Å². The summed E-state index contributed by atoms with van der Waals surface area (Å²) >= 11 is 0. The van der Waals surface area contributed by atoms with E-state index in [0.717, 1.165) is 31.5 Å². The number of hydrogen-bond acceptors (Lipinski definition) is 2. The summed E-state index contributed by atoms with van der Waals surface area (Å²) in [6.07, 6.45) is 7.96. The molecule has 0 amide bonds. The molecule has 2 N–H and O–H groups in total. The molecule has 86 valence electrons. The molecule has 0 aromatic carbocycles. The molecule has 0 aromatic heterocycles. The van der Waals surface area contributed by atoms with E-state index in [-0.39, 0.29) is 6.61 Å². The number of rotatable bonds is 5. The Morgan fingerprint density at radius 2 is 2.47 bits per heavy atom. The molecule has 0 saturated carbocycles. The van der Waals surface area contributed by atoms with Crippen LogP contribution >= 0.6 is 0 Å². The van der Waals surface area contributed by atoms with E-state index >= 15 is 0 Å². The first kappa shape index (κ1) is 12.5. The SMILES string of the molecule is CC[C@@H](C/C=C(\C)CO)C1=CCCNC1. The average molecular weight is 209 g/mol. The van der Waals surface area contributed by atoms with E-state index in [9.17, 15) is 0 Å². The van der Waals surface area contributed by atoms with E-state index in [4.69, 9.17) is 5.11 Å². The van der Waals surface area contributed by atoms with Crippen LogP contribution in [-0.4, -0.2) is 24.8 Å². The topological polar surface area (TPSA) is 32.3 Å². The molecule has 1 aliphatic heterocycles. The van der Waals surface area contributed by atoms with Gasteiger partial charge >= 0.3 is 0 Å². The van der Waals surface area contributed by atoms with E-state index in [2.05, 4.69) is 24.4 Å². The fourth-order valence-corrected chi connectivity index (χ4v) is 1.96. The third kappa shape index (κ3) is 4.18. The Labute approximate surface area is 93.1 Å². The van der Waals surface area contributed by atoms with Crippen molar-refractivity contribution in [2.45, 2.75) is 33.1 Å². The normalized spacial score (nSPS) is 19.9. The van der Waals surface area contributed by atoms with Gasteiger partial charge in [0.05, 0.1) is 6.61 Å². The van der Waals surface area contributed by atoms with Crippen molar-refractivity contribution in [2.24, 2.45) is 5.92 Å². The maximum absolute atomic E-state index is 8.94. The van der Waals surface area contributed by atoms with Gasteiger partial charge in [-0.15, -0.1) is 0 Å². The Kier molecular flexibility index (Phi) is 5.66. The highest BCUT2D eigenvalue weighted by Crippen LogP contribution is 2.21. The van der Waals surface area contributed by atoms with Crippen molar-refractivity contribution in [3.05, 3.63) is 23.3 Å². The number of aliphatic hydroxyl groups excluding tert-OH is 1. The first-order chi connectivity index (χ1) is 7.27. The molecule has 0 aliphatic carbocycles. The van der Waals surface area contributed by atoms with E-state index < -0.39 is 0 Å². The van der Waals surface area contributed by atoms with Crippen molar-refractivity contribution >= 4 is 0 Å². The number of nitrogens with one attached hydrogen (secondary N) is 1. The maximum Gasteiger partial charge on any atom is 0.0639 e. The second-order valence-corrected chi connectivity index (χ2v) is 4.29. The van der Waals surface area contributed by atoms with Gasteiger partial charge in [0.2, 0.25) is 0 Å². The monoisotopic (exact) mass is 209 g/mol. The lowest BCUT2D eigenvalue weighted by atomic mass is 9.90. The van der Waals surface area contributed by atoms with Gasteiger partial charge in [-0.1, -0.05) is 30.2 Å². The van der Waals surface area contributed by atoms with Crippen LogP contribution < -0.4 is 5.32 Å².